The Kier molecular flexibility index (Phi) is 12.7. The Morgan fingerprint density at radius 3 is 1.29 bits per heavy atom. The van der Waals surface area contributed by atoms with Crippen LogP contribution in [0.25, 0.3) is 0 Å². The summed E-state index contributed by atoms with van der Waals surface area (Å²) < 4.78 is 189. The third-order valence-electron chi connectivity index (χ3n) is 6.16. The van der Waals surface area contributed by atoms with E-state index in [1.165, 1.54) is 0 Å². The van der Waals surface area contributed by atoms with Crippen LogP contribution in [0.2, 0.25) is 0 Å². The average molecular weight is 646 g/mol. The summed E-state index contributed by atoms with van der Waals surface area (Å²) in [7, 11) is 0. The maximum absolute atomic E-state index is 14.4. The number of unbranched alkanes of at least 4 members (excludes halogenated alkanes) is 3. The van der Waals surface area contributed by atoms with Gasteiger partial charge in [-0.05, 0) is 23.2 Å². The van der Waals surface area contributed by atoms with Gasteiger partial charge in [-0.3, -0.25) is 17.6 Å². The Bertz CT molecular complexity index is 559. The van der Waals surface area contributed by atoms with Crippen LogP contribution in [0, 0.1) is 16.7 Å². The van der Waals surface area contributed by atoms with Gasteiger partial charge in [-0.2, -0.15) is 39.5 Å². The molecule has 34 heavy (non-hydrogen) atoms. The van der Waals surface area contributed by atoms with Crippen molar-refractivity contribution in [2.45, 2.75) is 69.1 Å². The molecule has 0 aromatic rings. The quantitative estimate of drug-likeness (QED) is 0.0722. The van der Waals surface area contributed by atoms with E-state index in [1.807, 2.05) is 22.6 Å². The molecule has 0 heterocycles. The summed E-state index contributed by atoms with van der Waals surface area (Å²) in [5, 5.41) is 0. The fourth-order valence-electron chi connectivity index (χ4n) is 3.84. The summed E-state index contributed by atoms with van der Waals surface area (Å²) in [4.78, 5) is 0. The molecule has 0 saturated carbocycles. The standard InChI is InChI=1S/C19H25F14I/c20-9-14(10-21,11-22)15(12-23,17(25,26)27)7-13(5-3-1-2-4-6-34)8-16(24,18(28,29)30)19(31,32)33/h13H,1-12H2. The van der Waals surface area contributed by atoms with Gasteiger partial charge >= 0.3 is 18.5 Å². The van der Waals surface area contributed by atoms with Crippen LogP contribution in [0.1, 0.15) is 44.9 Å². The SMILES string of the molecule is FCC(CF)(CF)C(CF)(CC(CCCCCCI)CC(F)(C(F)(F)F)C(F)(F)F)C(F)(F)F. The van der Waals surface area contributed by atoms with Crippen molar-refractivity contribution >= 4 is 22.6 Å². The molecule has 0 N–H and O–H groups in total. The lowest BCUT2D eigenvalue weighted by Crippen LogP contribution is -2.59. The van der Waals surface area contributed by atoms with Gasteiger partial charge in [0, 0.05) is 6.42 Å². The summed E-state index contributed by atoms with van der Waals surface area (Å²) in [6, 6.07) is 0. The fourth-order valence-corrected chi connectivity index (χ4v) is 4.38. The van der Waals surface area contributed by atoms with E-state index in [0.717, 1.165) is 0 Å². The normalized spacial score (nSPS) is 17.0. The molecule has 0 spiro atoms. The molecule has 0 aliphatic carbocycles. The molecule has 0 rings (SSSR count). The number of hydrogen-bond donors (Lipinski definition) is 0. The maximum Gasteiger partial charge on any atom is 0.431 e. The molecule has 0 nitrogen and oxygen atoms in total. The zero-order chi connectivity index (χ0) is 27.1. The van der Waals surface area contributed by atoms with Gasteiger partial charge in [-0.15, -0.1) is 0 Å². The van der Waals surface area contributed by atoms with Crippen molar-refractivity contribution in [3.63, 3.8) is 0 Å². The van der Waals surface area contributed by atoms with Crippen molar-refractivity contribution in [2.75, 3.05) is 31.1 Å². The van der Waals surface area contributed by atoms with E-state index < -0.39 is 86.9 Å². The first-order valence-corrected chi connectivity index (χ1v) is 11.6. The maximum atomic E-state index is 14.4. The largest absolute Gasteiger partial charge is 0.431 e. The molecule has 0 saturated heterocycles. The monoisotopic (exact) mass is 646 g/mol. The third-order valence-corrected chi connectivity index (χ3v) is 6.92. The highest BCUT2D eigenvalue weighted by Crippen LogP contribution is 2.59. The van der Waals surface area contributed by atoms with Crippen LogP contribution in [-0.4, -0.2) is 55.3 Å². The van der Waals surface area contributed by atoms with Crippen LogP contribution in [0.15, 0.2) is 0 Å². The molecule has 15 heteroatoms. The van der Waals surface area contributed by atoms with E-state index in [2.05, 4.69) is 0 Å². The molecule has 0 fully saturated rings. The molecule has 2 unspecified atom stereocenters. The topological polar surface area (TPSA) is 0 Å². The lowest BCUT2D eigenvalue weighted by atomic mass is 9.60. The van der Waals surface area contributed by atoms with Gasteiger partial charge < -0.3 is 0 Å². The first-order valence-electron chi connectivity index (χ1n) is 10.1. The predicted molar refractivity (Wildman–Crippen MR) is 105 cm³/mol. The van der Waals surface area contributed by atoms with Crippen molar-refractivity contribution in [2.24, 2.45) is 16.7 Å². The average Bonchev–Trinajstić information content (AvgIpc) is 2.71. The van der Waals surface area contributed by atoms with Crippen LogP contribution < -0.4 is 0 Å². The van der Waals surface area contributed by atoms with Gasteiger partial charge in [0.25, 0.3) is 5.67 Å². The highest BCUT2D eigenvalue weighted by molar-refractivity contribution is 14.1. The summed E-state index contributed by atoms with van der Waals surface area (Å²) in [6.07, 6.45) is -23.9. The van der Waals surface area contributed by atoms with E-state index in [-0.39, 0.29) is 12.8 Å². The molecule has 2 atom stereocenters. The van der Waals surface area contributed by atoms with E-state index in [9.17, 15) is 61.5 Å². The number of halogens is 15. The van der Waals surface area contributed by atoms with Gasteiger partial charge in [-0.1, -0.05) is 48.3 Å². The minimum absolute atomic E-state index is 0.131. The second-order valence-corrected chi connectivity index (χ2v) is 9.44. The fraction of sp³-hybridized carbons (Fsp3) is 1.00. The first-order chi connectivity index (χ1) is 15.4. The highest BCUT2D eigenvalue weighted by atomic mass is 127. The highest BCUT2D eigenvalue weighted by Gasteiger charge is 2.74. The third kappa shape index (κ3) is 7.16. The molecule has 0 radical (unpaired) electrons. The smallest absolute Gasteiger partial charge is 0.250 e. The van der Waals surface area contributed by atoms with Gasteiger partial charge in [0.1, 0.15) is 32.1 Å². The van der Waals surface area contributed by atoms with Crippen LogP contribution in [0.3, 0.4) is 0 Å². The van der Waals surface area contributed by atoms with E-state index in [1.54, 1.807) is 0 Å². The van der Waals surface area contributed by atoms with E-state index >= 15 is 0 Å². The van der Waals surface area contributed by atoms with Gasteiger partial charge in [0.15, 0.2) is 0 Å². The zero-order valence-corrected chi connectivity index (χ0v) is 19.9. The molecule has 0 aliphatic heterocycles. The van der Waals surface area contributed by atoms with Crippen molar-refractivity contribution in [3.05, 3.63) is 0 Å². The number of hydrogen-bond acceptors (Lipinski definition) is 0. The summed E-state index contributed by atoms with van der Waals surface area (Å²) in [5.74, 6) is -2.48. The minimum Gasteiger partial charge on any atom is -0.250 e. The predicted octanol–water partition coefficient (Wildman–Crippen LogP) is 9.01. The van der Waals surface area contributed by atoms with Gasteiger partial charge in [-0.25, -0.2) is 4.39 Å². The van der Waals surface area contributed by atoms with Crippen LogP contribution >= 0.6 is 22.6 Å². The molecule has 0 bridgehead atoms. The molecular weight excluding hydrogens is 621 g/mol. The molecular formula is C19H25F14I. The second-order valence-electron chi connectivity index (χ2n) is 8.36. The Morgan fingerprint density at radius 1 is 0.529 bits per heavy atom. The molecule has 0 aromatic heterocycles. The van der Waals surface area contributed by atoms with Crippen LogP contribution in [0.4, 0.5) is 61.5 Å². The second kappa shape index (κ2) is 12.8. The van der Waals surface area contributed by atoms with Crippen LogP contribution in [-0.2, 0) is 0 Å². The zero-order valence-electron chi connectivity index (χ0n) is 17.7. The summed E-state index contributed by atoms with van der Waals surface area (Å²) in [6.45, 7) is -10.0. The Morgan fingerprint density at radius 2 is 0.971 bits per heavy atom. The Balaban J connectivity index is 6.54. The van der Waals surface area contributed by atoms with Crippen molar-refractivity contribution in [3.8, 4) is 0 Å². The lowest BCUT2D eigenvalue weighted by Gasteiger charge is -2.48. The van der Waals surface area contributed by atoms with Crippen molar-refractivity contribution in [1.29, 1.82) is 0 Å². The number of rotatable bonds is 15. The molecule has 206 valence electrons. The van der Waals surface area contributed by atoms with Gasteiger partial charge in [0.2, 0.25) is 0 Å². The Labute approximate surface area is 201 Å². The minimum atomic E-state index is -6.60. The van der Waals surface area contributed by atoms with E-state index in [0.29, 0.717) is 17.3 Å². The lowest BCUT2D eigenvalue weighted by molar-refractivity contribution is -0.348. The van der Waals surface area contributed by atoms with Gasteiger partial charge in [0.05, 0.1) is 5.41 Å². The molecule has 0 aromatic carbocycles. The summed E-state index contributed by atoms with van der Waals surface area (Å²) in [5.41, 5.74) is -14.0. The molecule has 0 amide bonds. The van der Waals surface area contributed by atoms with Crippen molar-refractivity contribution < 1.29 is 61.5 Å². The summed E-state index contributed by atoms with van der Waals surface area (Å²) >= 11 is 1.97. The molecule has 0 aliphatic rings. The van der Waals surface area contributed by atoms with Crippen molar-refractivity contribution in [1.82, 2.24) is 0 Å². The first kappa shape index (κ1) is 33.8. The Hall–Kier alpha value is -0.250. The van der Waals surface area contributed by atoms with E-state index in [4.69, 9.17) is 0 Å². The number of alkyl halides is 15. The van der Waals surface area contributed by atoms with Crippen LogP contribution in [0.5, 0.6) is 0 Å².